The Bertz CT molecular complexity index is 793. The van der Waals surface area contributed by atoms with Crippen LogP contribution >= 0.6 is 11.8 Å². The van der Waals surface area contributed by atoms with E-state index in [9.17, 15) is 13.6 Å². The maximum atomic E-state index is 12.7. The molecular weight excluding hydrogens is 410 g/mol. The number of carbonyl (C=O) groups excluding carboxylic acids is 1. The fourth-order valence-corrected chi connectivity index (χ4v) is 5.30. The van der Waals surface area contributed by atoms with Gasteiger partial charge in [-0.15, -0.1) is 0 Å². The Balaban J connectivity index is 1.44. The summed E-state index contributed by atoms with van der Waals surface area (Å²) in [6.45, 7) is 2.26. The predicted octanol–water partition coefficient (Wildman–Crippen LogP) is 9.19. The molecule has 0 N–H and O–H groups in total. The Morgan fingerprint density at radius 2 is 1.55 bits per heavy atom. The highest BCUT2D eigenvalue weighted by molar-refractivity contribution is 8.14. The van der Waals surface area contributed by atoms with Gasteiger partial charge in [0.05, 0.1) is 0 Å². The van der Waals surface area contributed by atoms with E-state index < -0.39 is 6.43 Å². The van der Waals surface area contributed by atoms with Crippen molar-refractivity contribution in [1.82, 2.24) is 0 Å². The zero-order chi connectivity index (χ0) is 22.1. The van der Waals surface area contributed by atoms with Crippen LogP contribution in [0.5, 0.6) is 0 Å². The van der Waals surface area contributed by atoms with E-state index in [0.29, 0.717) is 11.5 Å². The maximum Gasteiger partial charge on any atom is 0.263 e. The number of carbonyl (C=O) groups is 1. The molecule has 3 rings (SSSR count). The van der Waals surface area contributed by atoms with Crippen molar-refractivity contribution in [2.24, 2.45) is 5.92 Å². The van der Waals surface area contributed by atoms with Crippen LogP contribution in [0.1, 0.15) is 105 Å². The summed E-state index contributed by atoms with van der Waals surface area (Å²) in [5, 5.41) is -0.118. The molecule has 0 bridgehead atoms. The largest absolute Gasteiger partial charge is 0.281 e. The van der Waals surface area contributed by atoms with Gasteiger partial charge in [0.1, 0.15) is 0 Å². The molecular formula is C27H34F2OS. The maximum absolute atomic E-state index is 12.7. The lowest BCUT2D eigenvalue weighted by Gasteiger charge is -2.29. The van der Waals surface area contributed by atoms with Crippen molar-refractivity contribution in [2.45, 2.75) is 88.4 Å². The molecule has 0 saturated heterocycles. The van der Waals surface area contributed by atoms with Gasteiger partial charge in [-0.1, -0.05) is 81.8 Å². The summed E-state index contributed by atoms with van der Waals surface area (Å²) >= 11 is 1.15. The standard InChI is InChI=1S/C27H34F2OS/c1-2-3-4-5-6-7-20-8-10-21(11-9-20)22-16-18-25(19-17-22)31-27(30)24-14-12-23(13-15-24)26(28)29/h12-21,26H,2-11H2,1H3/t20-,21-. The van der Waals surface area contributed by atoms with Crippen LogP contribution in [-0.2, 0) is 0 Å². The molecule has 0 aromatic heterocycles. The van der Waals surface area contributed by atoms with Gasteiger partial charge in [-0.2, -0.15) is 0 Å². The van der Waals surface area contributed by atoms with Crippen molar-refractivity contribution >= 4 is 16.9 Å². The quantitative estimate of drug-likeness (QED) is 0.268. The number of rotatable bonds is 10. The predicted molar refractivity (Wildman–Crippen MR) is 126 cm³/mol. The average Bonchev–Trinajstić information content (AvgIpc) is 2.80. The summed E-state index contributed by atoms with van der Waals surface area (Å²) in [7, 11) is 0. The summed E-state index contributed by atoms with van der Waals surface area (Å²) in [6, 6.07) is 14.0. The lowest BCUT2D eigenvalue weighted by atomic mass is 9.77. The number of benzene rings is 2. The normalized spacial score (nSPS) is 19.0. The lowest BCUT2D eigenvalue weighted by Crippen LogP contribution is -2.13. The van der Waals surface area contributed by atoms with Crippen molar-refractivity contribution in [3.63, 3.8) is 0 Å². The highest BCUT2D eigenvalue weighted by Crippen LogP contribution is 2.38. The highest BCUT2D eigenvalue weighted by Gasteiger charge is 2.22. The fourth-order valence-electron chi connectivity index (χ4n) is 4.56. The van der Waals surface area contributed by atoms with Gasteiger partial charge in [0.2, 0.25) is 5.12 Å². The van der Waals surface area contributed by atoms with E-state index in [0.717, 1.165) is 22.6 Å². The second kappa shape index (κ2) is 12.4. The number of unbranched alkanes of at least 4 members (excludes halogenated alkanes) is 4. The average molecular weight is 445 g/mol. The Labute approximate surface area is 190 Å². The molecule has 1 saturated carbocycles. The first-order valence-electron chi connectivity index (χ1n) is 11.8. The van der Waals surface area contributed by atoms with E-state index in [2.05, 4.69) is 19.1 Å². The Morgan fingerprint density at radius 3 is 2.16 bits per heavy atom. The number of hydrogen-bond donors (Lipinski definition) is 0. The highest BCUT2D eigenvalue weighted by atomic mass is 32.2. The van der Waals surface area contributed by atoms with Crippen molar-refractivity contribution in [3.05, 3.63) is 65.2 Å². The van der Waals surface area contributed by atoms with Crippen molar-refractivity contribution in [3.8, 4) is 0 Å². The van der Waals surface area contributed by atoms with Crippen LogP contribution in [0.2, 0.25) is 0 Å². The SMILES string of the molecule is CCCCCCC[C@H]1CC[C@H](c2ccc(SC(=O)c3ccc(C(F)F)cc3)cc2)CC1. The van der Waals surface area contributed by atoms with Crippen LogP contribution in [0.4, 0.5) is 8.78 Å². The van der Waals surface area contributed by atoms with E-state index >= 15 is 0 Å². The summed E-state index contributed by atoms with van der Waals surface area (Å²) in [6.07, 6.45) is 10.9. The molecule has 0 spiro atoms. The van der Waals surface area contributed by atoms with E-state index in [-0.39, 0.29) is 10.7 Å². The smallest absolute Gasteiger partial charge is 0.263 e. The monoisotopic (exact) mass is 444 g/mol. The van der Waals surface area contributed by atoms with Crippen LogP contribution in [0.15, 0.2) is 53.4 Å². The molecule has 1 nitrogen and oxygen atoms in total. The number of halogens is 2. The second-order valence-corrected chi connectivity index (χ2v) is 9.85. The van der Waals surface area contributed by atoms with Gasteiger partial charge in [0.25, 0.3) is 6.43 Å². The molecule has 0 heterocycles. The third-order valence-electron chi connectivity index (χ3n) is 6.52. The van der Waals surface area contributed by atoms with E-state index in [1.54, 1.807) is 0 Å². The van der Waals surface area contributed by atoms with Crippen molar-refractivity contribution in [2.75, 3.05) is 0 Å². The summed E-state index contributed by atoms with van der Waals surface area (Å²) < 4.78 is 25.3. The minimum absolute atomic E-state index is 0.0582. The minimum atomic E-state index is -2.51. The van der Waals surface area contributed by atoms with Crippen LogP contribution in [0.25, 0.3) is 0 Å². The summed E-state index contributed by atoms with van der Waals surface area (Å²) in [4.78, 5) is 13.3. The van der Waals surface area contributed by atoms with Crippen molar-refractivity contribution in [1.29, 1.82) is 0 Å². The first-order valence-corrected chi connectivity index (χ1v) is 12.6. The molecule has 0 amide bonds. The topological polar surface area (TPSA) is 17.1 Å². The fraction of sp³-hybridized carbons (Fsp3) is 0.519. The molecule has 0 aliphatic heterocycles. The summed E-state index contributed by atoms with van der Waals surface area (Å²) in [5.41, 5.74) is 1.77. The molecule has 4 heteroatoms. The molecule has 0 atom stereocenters. The van der Waals surface area contributed by atoms with Crippen molar-refractivity contribution < 1.29 is 13.6 Å². The summed E-state index contributed by atoms with van der Waals surface area (Å²) in [5.74, 6) is 1.54. The molecule has 2 aromatic carbocycles. The van der Waals surface area contributed by atoms with Gasteiger partial charge in [-0.3, -0.25) is 4.79 Å². The number of alkyl halides is 2. The van der Waals surface area contributed by atoms with E-state index in [1.165, 1.54) is 94.0 Å². The molecule has 1 aliphatic rings. The van der Waals surface area contributed by atoms with E-state index in [1.807, 2.05) is 12.1 Å². The third kappa shape index (κ3) is 7.45. The van der Waals surface area contributed by atoms with Gasteiger partial charge in [0, 0.05) is 16.0 Å². The molecule has 31 heavy (non-hydrogen) atoms. The number of thioether (sulfide) groups is 1. The first-order chi connectivity index (χ1) is 15.1. The first kappa shape index (κ1) is 24.0. The Kier molecular flexibility index (Phi) is 9.57. The van der Waals surface area contributed by atoms with Gasteiger partial charge < -0.3 is 0 Å². The molecule has 1 aliphatic carbocycles. The lowest BCUT2D eigenvalue weighted by molar-refractivity contribution is 0.108. The van der Waals surface area contributed by atoms with Gasteiger partial charge >= 0.3 is 0 Å². The Morgan fingerprint density at radius 1 is 0.903 bits per heavy atom. The molecule has 168 valence electrons. The second-order valence-electron chi connectivity index (χ2n) is 8.80. The van der Waals surface area contributed by atoms with Crippen LogP contribution < -0.4 is 0 Å². The molecule has 0 radical (unpaired) electrons. The molecule has 0 unspecified atom stereocenters. The van der Waals surface area contributed by atoms with Gasteiger partial charge in [-0.25, -0.2) is 8.78 Å². The number of hydrogen-bond acceptors (Lipinski definition) is 2. The minimum Gasteiger partial charge on any atom is -0.281 e. The van der Waals surface area contributed by atoms with Crippen LogP contribution in [0, 0.1) is 5.92 Å². The molecule has 2 aromatic rings. The zero-order valence-electron chi connectivity index (χ0n) is 18.5. The zero-order valence-corrected chi connectivity index (χ0v) is 19.3. The third-order valence-corrected chi connectivity index (χ3v) is 7.45. The van der Waals surface area contributed by atoms with E-state index in [4.69, 9.17) is 0 Å². The Hall–Kier alpha value is -1.68. The molecule has 1 fully saturated rings. The van der Waals surface area contributed by atoms with Gasteiger partial charge in [-0.05, 0) is 67.0 Å². The van der Waals surface area contributed by atoms with Crippen LogP contribution in [0.3, 0.4) is 0 Å². The van der Waals surface area contributed by atoms with Crippen LogP contribution in [-0.4, -0.2) is 5.12 Å². The van der Waals surface area contributed by atoms with Gasteiger partial charge in [0.15, 0.2) is 0 Å².